The number of anilines is 1. The number of nitrogens with zero attached hydrogens (tertiary/aromatic N) is 2. The molecule has 1 saturated carbocycles. The number of nitrogens with one attached hydrogen (secondary N) is 3. The predicted octanol–water partition coefficient (Wildman–Crippen LogP) is 6.96. The molecule has 1 aliphatic carbocycles. The van der Waals surface area contributed by atoms with Crippen molar-refractivity contribution in [3.63, 3.8) is 0 Å². The van der Waals surface area contributed by atoms with E-state index in [1.807, 2.05) is 52.0 Å². The molecule has 1 aliphatic heterocycles. The Morgan fingerprint density at radius 2 is 1.93 bits per heavy atom. The summed E-state index contributed by atoms with van der Waals surface area (Å²) >= 11 is 8.50. The van der Waals surface area contributed by atoms with Crippen LogP contribution in [0.3, 0.4) is 0 Å². The summed E-state index contributed by atoms with van der Waals surface area (Å²) in [5, 5.41) is 15.8. The highest BCUT2D eigenvalue weighted by Gasteiger charge is 2.37. The van der Waals surface area contributed by atoms with Gasteiger partial charge in [-0.3, -0.25) is 9.48 Å². The number of rotatable bonds is 6. The third-order valence-corrected chi connectivity index (χ3v) is 9.59. The van der Waals surface area contributed by atoms with Gasteiger partial charge in [0.05, 0.1) is 27.3 Å². The standard InChI is InChI=1S/C30H40ClN5O3S/c1-19-21-17-24(40-27(21)36(35-19)20-9-6-5-7-10-20)26(37)34-23-12-8-11-22(25(23)31)30(13-15-32-16-14-30)18-33-28(38)39-29(2,3)4/h8,11-12,17,20,32H,5-7,9-10,13-16,18H2,1-4H3,(H,33,38)(H,34,37). The molecule has 10 heteroatoms. The van der Waals surface area contributed by atoms with Gasteiger partial charge in [-0.2, -0.15) is 5.10 Å². The molecule has 40 heavy (non-hydrogen) atoms. The van der Waals surface area contributed by atoms with Crippen LogP contribution in [0.2, 0.25) is 5.02 Å². The molecular formula is C30H40ClN5O3S. The maximum absolute atomic E-state index is 13.5. The molecule has 0 radical (unpaired) electrons. The minimum Gasteiger partial charge on any atom is -0.444 e. The van der Waals surface area contributed by atoms with Crippen LogP contribution in [-0.2, 0) is 10.2 Å². The summed E-state index contributed by atoms with van der Waals surface area (Å²) in [6.45, 7) is 9.57. The molecule has 2 amide bonds. The van der Waals surface area contributed by atoms with Crippen LogP contribution in [-0.4, -0.2) is 47.0 Å². The number of benzene rings is 1. The highest BCUT2D eigenvalue weighted by molar-refractivity contribution is 7.20. The van der Waals surface area contributed by atoms with Crippen LogP contribution in [0, 0.1) is 6.92 Å². The lowest BCUT2D eigenvalue weighted by atomic mass is 9.73. The second-order valence-corrected chi connectivity index (χ2v) is 13.6. The molecule has 3 heterocycles. The Morgan fingerprint density at radius 1 is 1.20 bits per heavy atom. The van der Waals surface area contributed by atoms with Crippen LogP contribution < -0.4 is 16.0 Å². The van der Waals surface area contributed by atoms with E-state index in [0.29, 0.717) is 28.2 Å². The van der Waals surface area contributed by atoms with Crippen molar-refractivity contribution in [3.8, 4) is 0 Å². The number of halogens is 1. The lowest BCUT2D eigenvalue weighted by molar-refractivity contribution is 0.0508. The summed E-state index contributed by atoms with van der Waals surface area (Å²) in [6, 6.07) is 8.11. The molecule has 1 saturated heterocycles. The molecule has 216 valence electrons. The van der Waals surface area contributed by atoms with Gasteiger partial charge in [0.15, 0.2) is 0 Å². The normalized spacial score (nSPS) is 18.0. The Balaban J connectivity index is 1.37. The highest BCUT2D eigenvalue weighted by atomic mass is 35.5. The van der Waals surface area contributed by atoms with Gasteiger partial charge in [0.25, 0.3) is 5.91 Å². The van der Waals surface area contributed by atoms with Gasteiger partial charge in [0, 0.05) is 17.3 Å². The van der Waals surface area contributed by atoms with Gasteiger partial charge in [-0.1, -0.05) is 43.0 Å². The van der Waals surface area contributed by atoms with Crippen LogP contribution >= 0.6 is 22.9 Å². The predicted molar refractivity (Wildman–Crippen MR) is 162 cm³/mol. The molecule has 0 unspecified atom stereocenters. The van der Waals surface area contributed by atoms with E-state index in [0.717, 1.165) is 60.2 Å². The number of amides is 2. The number of alkyl carbamates (subject to hydrolysis) is 1. The SMILES string of the molecule is Cc1nn(C2CCCCC2)c2sc(C(=O)Nc3cccc(C4(CNC(=O)OC(C)(C)C)CCNCC4)c3Cl)cc12. The van der Waals surface area contributed by atoms with Crippen LogP contribution in [0.4, 0.5) is 10.5 Å². The molecule has 0 atom stereocenters. The van der Waals surface area contributed by atoms with Crippen molar-refractivity contribution in [2.45, 2.75) is 89.7 Å². The van der Waals surface area contributed by atoms with Crippen molar-refractivity contribution in [2.75, 3.05) is 25.0 Å². The first-order chi connectivity index (χ1) is 19.1. The van der Waals surface area contributed by atoms with Crippen molar-refractivity contribution in [2.24, 2.45) is 0 Å². The monoisotopic (exact) mass is 585 g/mol. The third-order valence-electron chi connectivity index (χ3n) is 8.06. The second-order valence-electron chi connectivity index (χ2n) is 12.2. The summed E-state index contributed by atoms with van der Waals surface area (Å²) in [6.07, 6.45) is 7.16. The number of aryl methyl sites for hydroxylation is 1. The minimum atomic E-state index is -0.576. The van der Waals surface area contributed by atoms with E-state index in [4.69, 9.17) is 21.4 Å². The second kappa shape index (κ2) is 11.7. The number of carbonyl (C=O) groups excluding carboxylic acids is 2. The molecule has 1 aromatic carbocycles. The first-order valence-electron chi connectivity index (χ1n) is 14.3. The van der Waals surface area contributed by atoms with Gasteiger partial charge in [-0.15, -0.1) is 11.3 Å². The molecule has 2 aliphatic rings. The summed E-state index contributed by atoms with van der Waals surface area (Å²) in [7, 11) is 0. The lowest BCUT2D eigenvalue weighted by Gasteiger charge is -2.39. The maximum Gasteiger partial charge on any atom is 0.407 e. The number of piperidine rings is 1. The van der Waals surface area contributed by atoms with Gasteiger partial charge in [-0.25, -0.2) is 4.79 Å². The molecule has 3 N–H and O–H groups in total. The van der Waals surface area contributed by atoms with Gasteiger partial charge in [0.1, 0.15) is 10.4 Å². The zero-order chi connectivity index (χ0) is 28.5. The summed E-state index contributed by atoms with van der Waals surface area (Å²) in [4.78, 5) is 27.7. The highest BCUT2D eigenvalue weighted by Crippen LogP contribution is 2.41. The zero-order valence-electron chi connectivity index (χ0n) is 23.9. The maximum atomic E-state index is 13.5. The average Bonchev–Trinajstić information content (AvgIpc) is 3.49. The zero-order valence-corrected chi connectivity index (χ0v) is 25.4. The van der Waals surface area contributed by atoms with E-state index in [2.05, 4.69) is 20.6 Å². The van der Waals surface area contributed by atoms with Crippen LogP contribution in [0.25, 0.3) is 10.2 Å². The molecule has 3 aromatic rings. The average molecular weight is 586 g/mol. The fourth-order valence-electron chi connectivity index (χ4n) is 5.98. The van der Waals surface area contributed by atoms with E-state index < -0.39 is 11.7 Å². The van der Waals surface area contributed by atoms with E-state index in [-0.39, 0.29) is 11.3 Å². The molecule has 0 spiro atoms. The molecule has 2 fully saturated rings. The Kier molecular flexibility index (Phi) is 8.45. The fourth-order valence-corrected chi connectivity index (χ4v) is 7.48. The van der Waals surface area contributed by atoms with E-state index in [1.165, 1.54) is 30.6 Å². The van der Waals surface area contributed by atoms with Crippen molar-refractivity contribution in [1.82, 2.24) is 20.4 Å². The Hall–Kier alpha value is -2.62. The Morgan fingerprint density at radius 3 is 2.62 bits per heavy atom. The first-order valence-corrected chi connectivity index (χ1v) is 15.5. The van der Waals surface area contributed by atoms with Crippen molar-refractivity contribution in [3.05, 3.63) is 45.4 Å². The molecule has 2 aromatic heterocycles. The third kappa shape index (κ3) is 6.16. The van der Waals surface area contributed by atoms with Crippen LogP contribution in [0.1, 0.15) is 92.7 Å². The molecule has 0 bridgehead atoms. The Labute approximate surface area is 245 Å². The summed E-state index contributed by atoms with van der Waals surface area (Å²) < 4.78 is 7.63. The fraction of sp³-hybridized carbons (Fsp3) is 0.567. The smallest absolute Gasteiger partial charge is 0.407 e. The molecule has 5 rings (SSSR count). The Bertz CT molecular complexity index is 1380. The van der Waals surface area contributed by atoms with Crippen LogP contribution in [0.15, 0.2) is 24.3 Å². The van der Waals surface area contributed by atoms with Gasteiger partial charge >= 0.3 is 6.09 Å². The first kappa shape index (κ1) is 28.9. The van der Waals surface area contributed by atoms with E-state index >= 15 is 0 Å². The van der Waals surface area contributed by atoms with Crippen LogP contribution in [0.5, 0.6) is 0 Å². The lowest BCUT2D eigenvalue weighted by Crippen LogP contribution is -2.48. The largest absolute Gasteiger partial charge is 0.444 e. The molecule has 8 nitrogen and oxygen atoms in total. The number of hydrogen-bond donors (Lipinski definition) is 3. The molecular weight excluding hydrogens is 546 g/mol. The number of aromatic nitrogens is 2. The number of ether oxygens (including phenoxy) is 1. The van der Waals surface area contributed by atoms with Gasteiger partial charge < -0.3 is 20.7 Å². The number of thiophene rings is 1. The van der Waals surface area contributed by atoms with Crippen molar-refractivity contribution < 1.29 is 14.3 Å². The van der Waals surface area contributed by atoms with Crippen molar-refractivity contribution in [1.29, 1.82) is 0 Å². The topological polar surface area (TPSA) is 97.3 Å². The van der Waals surface area contributed by atoms with Crippen molar-refractivity contribution >= 4 is 50.8 Å². The van der Waals surface area contributed by atoms with Gasteiger partial charge in [0.2, 0.25) is 0 Å². The minimum absolute atomic E-state index is 0.180. The quantitative estimate of drug-likeness (QED) is 0.290. The number of fused-ring (bicyclic) bond motifs is 1. The number of carbonyl (C=O) groups is 2. The summed E-state index contributed by atoms with van der Waals surface area (Å²) in [5.41, 5.74) is 1.50. The number of hydrogen-bond acceptors (Lipinski definition) is 6. The summed E-state index contributed by atoms with van der Waals surface area (Å²) in [5.74, 6) is -0.180. The van der Waals surface area contributed by atoms with E-state index in [9.17, 15) is 9.59 Å². The van der Waals surface area contributed by atoms with E-state index in [1.54, 1.807) is 0 Å². The van der Waals surface area contributed by atoms with Gasteiger partial charge in [-0.05, 0) is 84.2 Å².